The van der Waals surface area contributed by atoms with Crippen LogP contribution in [0.25, 0.3) is 0 Å². The van der Waals surface area contributed by atoms with Gasteiger partial charge < -0.3 is 14.2 Å². The molecule has 0 aromatic heterocycles. The first-order valence-corrected chi connectivity index (χ1v) is 4.61. The number of hydrogen-bond donors (Lipinski definition) is 0. The lowest BCUT2D eigenvalue weighted by atomic mass is 9.94. The van der Waals surface area contributed by atoms with Crippen molar-refractivity contribution in [1.82, 2.24) is 0 Å². The van der Waals surface area contributed by atoms with Crippen molar-refractivity contribution < 1.29 is 19.0 Å². The second kappa shape index (κ2) is 2.13. The zero-order valence-electron chi connectivity index (χ0n) is 7.65. The maximum atomic E-state index is 11.3. The minimum Gasteiger partial charge on any atom is -0.361 e. The topological polar surface area (TPSA) is 44.8 Å². The molecule has 3 aliphatic heterocycles. The number of ether oxygens (including phenoxy) is 3. The highest BCUT2D eigenvalue weighted by atomic mass is 16.8. The van der Waals surface area contributed by atoms with Crippen LogP contribution in [0.1, 0.15) is 20.3 Å². The molecular formula is C9H12O4. The van der Waals surface area contributed by atoms with E-state index >= 15 is 0 Å². The van der Waals surface area contributed by atoms with Gasteiger partial charge in [-0.3, -0.25) is 4.79 Å². The summed E-state index contributed by atoms with van der Waals surface area (Å²) in [5.41, 5.74) is 0. The van der Waals surface area contributed by atoms with E-state index in [1.165, 1.54) is 0 Å². The van der Waals surface area contributed by atoms with Gasteiger partial charge in [-0.15, -0.1) is 0 Å². The minimum atomic E-state index is -0.555. The van der Waals surface area contributed by atoms with Crippen molar-refractivity contribution in [3.05, 3.63) is 0 Å². The average Bonchev–Trinajstić information content (AvgIpc) is 2.56. The minimum absolute atomic E-state index is 0.0299. The Kier molecular flexibility index (Phi) is 1.30. The molecule has 2 bridgehead atoms. The van der Waals surface area contributed by atoms with Gasteiger partial charge in [0.05, 0.1) is 6.10 Å². The molecule has 72 valence electrons. The number of fused-ring (bicyclic) bond motifs is 5. The number of carbonyl (C=O) groups excluding carboxylic acids is 1. The van der Waals surface area contributed by atoms with Crippen molar-refractivity contribution in [2.75, 3.05) is 0 Å². The summed E-state index contributed by atoms with van der Waals surface area (Å²) in [7, 11) is 0. The van der Waals surface area contributed by atoms with Crippen LogP contribution in [0.5, 0.6) is 0 Å². The molecule has 3 saturated heterocycles. The average molecular weight is 184 g/mol. The highest BCUT2D eigenvalue weighted by molar-refractivity contribution is 5.87. The van der Waals surface area contributed by atoms with E-state index in [0.717, 1.165) is 0 Å². The Morgan fingerprint density at radius 1 is 1.31 bits per heavy atom. The fourth-order valence-corrected chi connectivity index (χ4v) is 2.42. The number of hydrogen-bond acceptors (Lipinski definition) is 4. The molecule has 0 spiro atoms. The highest BCUT2D eigenvalue weighted by Crippen LogP contribution is 2.44. The molecule has 3 heterocycles. The molecule has 4 nitrogen and oxygen atoms in total. The monoisotopic (exact) mass is 184 g/mol. The first-order valence-electron chi connectivity index (χ1n) is 4.61. The second-order valence-corrected chi connectivity index (χ2v) is 4.33. The van der Waals surface area contributed by atoms with E-state index in [-0.39, 0.29) is 30.2 Å². The van der Waals surface area contributed by atoms with E-state index < -0.39 is 5.79 Å². The molecule has 4 heteroatoms. The number of Topliss-reactive ketones (excluding diaryl/α,β-unsaturated/α-hetero) is 1. The summed E-state index contributed by atoms with van der Waals surface area (Å²) in [5.74, 6) is -0.396. The van der Waals surface area contributed by atoms with Crippen LogP contribution in [-0.4, -0.2) is 36.0 Å². The van der Waals surface area contributed by atoms with Crippen LogP contribution < -0.4 is 0 Å². The van der Waals surface area contributed by atoms with Crippen molar-refractivity contribution >= 4 is 5.78 Å². The zero-order chi connectivity index (χ0) is 9.22. The largest absolute Gasteiger partial charge is 0.361 e. The third-order valence-electron chi connectivity index (χ3n) is 2.87. The number of ketones is 1. The van der Waals surface area contributed by atoms with Gasteiger partial charge in [0.2, 0.25) is 0 Å². The van der Waals surface area contributed by atoms with Crippen LogP contribution in [0.3, 0.4) is 0 Å². The van der Waals surface area contributed by atoms with E-state index in [9.17, 15) is 4.79 Å². The Hall–Kier alpha value is -0.450. The fourth-order valence-electron chi connectivity index (χ4n) is 2.42. The van der Waals surface area contributed by atoms with Crippen molar-refractivity contribution in [2.24, 2.45) is 0 Å². The molecule has 13 heavy (non-hydrogen) atoms. The highest BCUT2D eigenvalue weighted by Gasteiger charge is 2.61. The SMILES string of the molecule is CC1(C)O[C@@H]2[C@H](O1)[C@@H]1O[C@H]2CC1=O. The van der Waals surface area contributed by atoms with E-state index in [2.05, 4.69) is 0 Å². The Bertz CT molecular complexity index is 273. The normalized spacial score (nSPS) is 51.4. The number of rotatable bonds is 0. The molecule has 3 fully saturated rings. The second-order valence-electron chi connectivity index (χ2n) is 4.33. The lowest BCUT2D eigenvalue weighted by molar-refractivity contribution is -0.177. The van der Waals surface area contributed by atoms with Gasteiger partial charge in [-0.25, -0.2) is 0 Å². The molecule has 0 N–H and O–H groups in total. The molecule has 4 atom stereocenters. The number of carbonyl (C=O) groups is 1. The van der Waals surface area contributed by atoms with Gasteiger partial charge >= 0.3 is 0 Å². The summed E-state index contributed by atoms with van der Waals surface area (Å²) in [6.45, 7) is 3.74. The molecule has 0 aliphatic carbocycles. The van der Waals surface area contributed by atoms with Crippen molar-refractivity contribution in [3.63, 3.8) is 0 Å². The van der Waals surface area contributed by atoms with Gasteiger partial charge in [0.15, 0.2) is 11.6 Å². The molecule has 0 unspecified atom stereocenters. The standard InChI is InChI=1S/C9H12O4/c1-9(2)12-7-5-3-4(10)6(11-5)8(7)13-9/h5-8H,3H2,1-2H3/t5-,6+,7-,8+/m0/s1. The van der Waals surface area contributed by atoms with Crippen LogP contribution in [0, 0.1) is 0 Å². The van der Waals surface area contributed by atoms with Crippen molar-refractivity contribution in [1.29, 1.82) is 0 Å². The van der Waals surface area contributed by atoms with E-state index in [1.54, 1.807) is 0 Å². The predicted octanol–water partition coefficient (Wildman–Crippen LogP) is 0.247. The molecule has 0 radical (unpaired) electrons. The first-order chi connectivity index (χ1) is 6.07. The summed E-state index contributed by atoms with van der Waals surface area (Å²) in [5, 5.41) is 0. The van der Waals surface area contributed by atoms with Crippen LogP contribution >= 0.6 is 0 Å². The van der Waals surface area contributed by atoms with Crippen LogP contribution in [0.15, 0.2) is 0 Å². The fraction of sp³-hybridized carbons (Fsp3) is 0.889. The van der Waals surface area contributed by atoms with Gasteiger partial charge in [0.25, 0.3) is 0 Å². The van der Waals surface area contributed by atoms with Gasteiger partial charge in [-0.05, 0) is 13.8 Å². The summed E-state index contributed by atoms with van der Waals surface area (Å²) >= 11 is 0. The summed E-state index contributed by atoms with van der Waals surface area (Å²) in [4.78, 5) is 11.3. The first kappa shape index (κ1) is 7.91. The molecular weight excluding hydrogens is 172 g/mol. The molecule has 3 aliphatic rings. The molecule has 0 amide bonds. The predicted molar refractivity (Wildman–Crippen MR) is 42.1 cm³/mol. The van der Waals surface area contributed by atoms with Crippen LogP contribution in [0.4, 0.5) is 0 Å². The van der Waals surface area contributed by atoms with Gasteiger partial charge in [0.1, 0.15) is 18.3 Å². The summed E-state index contributed by atoms with van der Waals surface area (Å²) in [6, 6.07) is 0. The van der Waals surface area contributed by atoms with Gasteiger partial charge in [0, 0.05) is 6.42 Å². The lowest BCUT2D eigenvalue weighted by Gasteiger charge is -2.19. The summed E-state index contributed by atoms with van der Waals surface area (Å²) < 4.78 is 16.7. The maximum absolute atomic E-state index is 11.3. The maximum Gasteiger partial charge on any atom is 0.167 e. The van der Waals surface area contributed by atoms with E-state index in [1.807, 2.05) is 13.8 Å². The third kappa shape index (κ3) is 0.936. The Morgan fingerprint density at radius 3 is 2.77 bits per heavy atom. The van der Waals surface area contributed by atoms with E-state index in [4.69, 9.17) is 14.2 Å². The molecule has 0 aromatic rings. The smallest absolute Gasteiger partial charge is 0.167 e. The molecule has 3 rings (SSSR count). The summed E-state index contributed by atoms with van der Waals surface area (Å²) in [6.07, 6.45) is -0.134. The zero-order valence-corrected chi connectivity index (χ0v) is 7.65. The Morgan fingerprint density at radius 2 is 2.00 bits per heavy atom. The quantitative estimate of drug-likeness (QED) is 0.541. The Labute approximate surface area is 76.1 Å². The van der Waals surface area contributed by atoms with Crippen molar-refractivity contribution in [3.8, 4) is 0 Å². The van der Waals surface area contributed by atoms with Gasteiger partial charge in [-0.2, -0.15) is 0 Å². The van der Waals surface area contributed by atoms with Crippen molar-refractivity contribution in [2.45, 2.75) is 50.5 Å². The molecule has 0 aromatic carbocycles. The van der Waals surface area contributed by atoms with Crippen LogP contribution in [-0.2, 0) is 19.0 Å². The lowest BCUT2D eigenvalue weighted by Crippen LogP contribution is -2.39. The van der Waals surface area contributed by atoms with Crippen LogP contribution in [0.2, 0.25) is 0 Å². The van der Waals surface area contributed by atoms with E-state index in [0.29, 0.717) is 6.42 Å². The van der Waals surface area contributed by atoms with Gasteiger partial charge in [-0.1, -0.05) is 0 Å². The Balaban J connectivity index is 1.91. The molecule has 0 saturated carbocycles. The third-order valence-corrected chi connectivity index (χ3v) is 2.87.